The largest absolute Gasteiger partial charge is 0.491 e. The predicted molar refractivity (Wildman–Crippen MR) is 81.4 cm³/mol. The minimum atomic E-state index is -0.401. The van der Waals surface area contributed by atoms with E-state index in [-0.39, 0.29) is 24.6 Å². The summed E-state index contributed by atoms with van der Waals surface area (Å²) in [6, 6.07) is 5.86. The molecule has 0 radical (unpaired) electrons. The number of carbonyl (C=O) groups excluding carboxylic acids is 1. The predicted octanol–water partition coefficient (Wildman–Crippen LogP) is 2.38. The molecular formula is C17H20FNO4. The van der Waals surface area contributed by atoms with Crippen molar-refractivity contribution in [1.82, 2.24) is 5.06 Å². The van der Waals surface area contributed by atoms with Gasteiger partial charge in [0.25, 0.3) is 0 Å². The Balaban J connectivity index is 1.68. The van der Waals surface area contributed by atoms with Gasteiger partial charge in [0.1, 0.15) is 24.3 Å². The normalized spacial score (nSPS) is 19.8. The average molecular weight is 321 g/mol. The standard InChI is InChI=1S/C17H20FNO4/c1-13(20)19(21)11-3-2-4-16-9-10-17(23-16)12-22-15-7-5-14(18)6-8-15/h5-8,16-17,21H,3,9-12H2,1H3/t16-,17+/m1/s1. The Morgan fingerprint density at radius 1 is 1.43 bits per heavy atom. The van der Waals surface area contributed by atoms with Crippen LogP contribution in [0.5, 0.6) is 5.75 Å². The summed E-state index contributed by atoms with van der Waals surface area (Å²) in [5, 5.41) is 9.84. The second kappa shape index (κ2) is 8.51. The van der Waals surface area contributed by atoms with E-state index in [4.69, 9.17) is 9.47 Å². The fourth-order valence-electron chi connectivity index (χ4n) is 2.16. The number of hydrogen-bond acceptors (Lipinski definition) is 4. The maximum absolute atomic E-state index is 12.8. The first-order valence-electron chi connectivity index (χ1n) is 7.54. The lowest BCUT2D eigenvalue weighted by Gasteiger charge is -2.12. The highest BCUT2D eigenvalue weighted by Crippen LogP contribution is 2.20. The molecule has 1 amide bonds. The van der Waals surface area contributed by atoms with E-state index < -0.39 is 5.91 Å². The zero-order valence-electron chi connectivity index (χ0n) is 13.0. The van der Waals surface area contributed by atoms with Crippen LogP contribution in [-0.4, -0.2) is 41.5 Å². The van der Waals surface area contributed by atoms with E-state index in [1.54, 1.807) is 12.1 Å². The first-order chi connectivity index (χ1) is 11.0. The lowest BCUT2D eigenvalue weighted by atomic mass is 10.2. The van der Waals surface area contributed by atoms with E-state index >= 15 is 0 Å². The number of hydroxylamine groups is 2. The van der Waals surface area contributed by atoms with Crippen LogP contribution in [0.25, 0.3) is 0 Å². The Morgan fingerprint density at radius 2 is 2.17 bits per heavy atom. The molecule has 0 unspecified atom stereocenters. The van der Waals surface area contributed by atoms with Gasteiger partial charge in [-0.3, -0.25) is 10.0 Å². The van der Waals surface area contributed by atoms with Crippen LogP contribution in [0.4, 0.5) is 4.39 Å². The van der Waals surface area contributed by atoms with Crippen LogP contribution in [-0.2, 0) is 9.53 Å². The molecule has 6 heteroatoms. The number of hydrogen-bond donors (Lipinski definition) is 1. The highest BCUT2D eigenvalue weighted by molar-refractivity contribution is 5.71. The molecule has 0 aliphatic carbocycles. The molecule has 1 aliphatic heterocycles. The van der Waals surface area contributed by atoms with Crippen molar-refractivity contribution < 1.29 is 23.9 Å². The van der Waals surface area contributed by atoms with Crippen molar-refractivity contribution in [2.45, 2.75) is 38.4 Å². The highest BCUT2D eigenvalue weighted by atomic mass is 19.1. The number of amides is 1. The number of rotatable bonds is 5. The van der Waals surface area contributed by atoms with Gasteiger partial charge < -0.3 is 9.47 Å². The Hall–Kier alpha value is -2.10. The molecule has 1 aliphatic rings. The number of nitrogens with zero attached hydrogens (tertiary/aromatic N) is 1. The number of benzene rings is 1. The van der Waals surface area contributed by atoms with Crippen molar-refractivity contribution >= 4 is 5.91 Å². The van der Waals surface area contributed by atoms with Crippen molar-refractivity contribution in [3.63, 3.8) is 0 Å². The van der Waals surface area contributed by atoms with E-state index in [0.717, 1.165) is 12.8 Å². The van der Waals surface area contributed by atoms with Gasteiger partial charge in [-0.05, 0) is 37.1 Å². The molecule has 2 rings (SSSR count). The molecule has 1 heterocycles. The van der Waals surface area contributed by atoms with E-state index in [1.807, 2.05) is 0 Å². The number of halogens is 1. The van der Waals surface area contributed by atoms with E-state index in [9.17, 15) is 14.4 Å². The highest BCUT2D eigenvalue weighted by Gasteiger charge is 2.24. The molecule has 1 N–H and O–H groups in total. The fraction of sp³-hybridized carbons (Fsp3) is 0.471. The molecule has 124 valence electrons. The van der Waals surface area contributed by atoms with Crippen molar-refractivity contribution in [2.24, 2.45) is 0 Å². The summed E-state index contributed by atoms with van der Waals surface area (Å²) in [5.41, 5.74) is 0. The molecule has 1 saturated heterocycles. The van der Waals surface area contributed by atoms with Crippen LogP contribution in [0.15, 0.2) is 24.3 Å². The zero-order valence-corrected chi connectivity index (χ0v) is 13.0. The summed E-state index contributed by atoms with van der Waals surface area (Å²) in [7, 11) is 0. The van der Waals surface area contributed by atoms with Crippen molar-refractivity contribution in [3.05, 3.63) is 30.1 Å². The SMILES string of the molecule is CC(=O)N(O)CCC#C[C@@H]1CC[C@@H](COc2ccc(F)cc2)O1. The summed E-state index contributed by atoms with van der Waals surface area (Å²) in [4.78, 5) is 10.8. The molecule has 5 nitrogen and oxygen atoms in total. The Morgan fingerprint density at radius 3 is 2.87 bits per heavy atom. The van der Waals surface area contributed by atoms with Gasteiger partial charge in [-0.25, -0.2) is 9.45 Å². The molecule has 0 bridgehead atoms. The fourth-order valence-corrected chi connectivity index (χ4v) is 2.16. The topological polar surface area (TPSA) is 59.0 Å². The molecule has 1 fully saturated rings. The van der Waals surface area contributed by atoms with E-state index in [0.29, 0.717) is 23.8 Å². The molecular weight excluding hydrogens is 301 g/mol. The molecule has 2 atom stereocenters. The van der Waals surface area contributed by atoms with Crippen LogP contribution in [0.1, 0.15) is 26.2 Å². The molecule has 0 aromatic heterocycles. The maximum atomic E-state index is 12.8. The second-order valence-electron chi connectivity index (χ2n) is 5.30. The molecule has 0 spiro atoms. The maximum Gasteiger partial charge on any atom is 0.242 e. The summed E-state index contributed by atoms with van der Waals surface area (Å²) < 4.78 is 24.1. The lowest BCUT2D eigenvalue weighted by Crippen LogP contribution is -2.25. The monoisotopic (exact) mass is 321 g/mol. The van der Waals surface area contributed by atoms with Crippen molar-refractivity contribution in [3.8, 4) is 17.6 Å². The minimum Gasteiger partial charge on any atom is -0.491 e. The van der Waals surface area contributed by atoms with Gasteiger partial charge in [-0.15, -0.1) is 0 Å². The second-order valence-corrected chi connectivity index (χ2v) is 5.30. The van der Waals surface area contributed by atoms with Crippen LogP contribution in [0, 0.1) is 17.7 Å². The Labute approximate surface area is 135 Å². The van der Waals surface area contributed by atoms with Gasteiger partial charge >= 0.3 is 0 Å². The molecule has 23 heavy (non-hydrogen) atoms. The summed E-state index contributed by atoms with van der Waals surface area (Å²) >= 11 is 0. The van der Waals surface area contributed by atoms with E-state index in [1.165, 1.54) is 19.1 Å². The van der Waals surface area contributed by atoms with Gasteiger partial charge in [0.15, 0.2) is 0 Å². The number of carbonyl (C=O) groups is 1. The summed E-state index contributed by atoms with van der Waals surface area (Å²) in [6.45, 7) is 1.88. The summed E-state index contributed by atoms with van der Waals surface area (Å²) in [5.74, 6) is 5.80. The van der Waals surface area contributed by atoms with Crippen LogP contribution in [0.2, 0.25) is 0 Å². The van der Waals surface area contributed by atoms with Crippen molar-refractivity contribution in [2.75, 3.05) is 13.2 Å². The van der Waals surface area contributed by atoms with Gasteiger partial charge in [0.05, 0.1) is 12.6 Å². The molecule has 0 saturated carbocycles. The third kappa shape index (κ3) is 5.89. The van der Waals surface area contributed by atoms with Crippen molar-refractivity contribution in [1.29, 1.82) is 0 Å². The quantitative estimate of drug-likeness (QED) is 0.514. The minimum absolute atomic E-state index is 0.0362. The van der Waals surface area contributed by atoms with Gasteiger partial charge in [0.2, 0.25) is 5.91 Å². The summed E-state index contributed by atoms with van der Waals surface area (Å²) in [6.07, 6.45) is 1.87. The first-order valence-corrected chi connectivity index (χ1v) is 7.54. The third-order valence-corrected chi connectivity index (χ3v) is 3.43. The molecule has 1 aromatic carbocycles. The average Bonchev–Trinajstić information content (AvgIpc) is 2.98. The van der Waals surface area contributed by atoms with Gasteiger partial charge in [-0.1, -0.05) is 11.8 Å². The van der Waals surface area contributed by atoms with E-state index in [2.05, 4.69) is 11.8 Å². The van der Waals surface area contributed by atoms with Gasteiger partial charge in [-0.2, -0.15) is 0 Å². The Bertz CT molecular complexity index is 578. The third-order valence-electron chi connectivity index (χ3n) is 3.43. The molecule has 1 aromatic rings. The first kappa shape index (κ1) is 17.3. The Kier molecular flexibility index (Phi) is 6.39. The lowest BCUT2D eigenvalue weighted by molar-refractivity contribution is -0.162. The number of ether oxygens (including phenoxy) is 2. The van der Waals surface area contributed by atoms with Crippen LogP contribution < -0.4 is 4.74 Å². The smallest absolute Gasteiger partial charge is 0.242 e. The van der Waals surface area contributed by atoms with Crippen LogP contribution >= 0.6 is 0 Å². The van der Waals surface area contributed by atoms with Crippen LogP contribution in [0.3, 0.4) is 0 Å². The van der Waals surface area contributed by atoms with Gasteiger partial charge in [0, 0.05) is 13.3 Å². The zero-order chi connectivity index (χ0) is 16.7.